The number of thioether (sulfide) groups is 1. The third-order valence-electron chi connectivity index (χ3n) is 2.28. The van der Waals surface area contributed by atoms with Gasteiger partial charge in [-0.1, -0.05) is 22.9 Å². The number of nitrogens with zero attached hydrogens (tertiary/aromatic N) is 1. The minimum Gasteiger partial charge on any atom is -0.283 e. The Bertz CT molecular complexity index is 504. The zero-order valence-electron chi connectivity index (χ0n) is 8.97. The SMILES string of the molecule is Cc1c(=O)o[nH][n+]1CCSc1ccccc1. The molecule has 0 saturated heterocycles. The molecule has 0 bridgehead atoms. The molecule has 0 amide bonds. The van der Waals surface area contributed by atoms with Gasteiger partial charge in [0.1, 0.15) is 0 Å². The molecule has 0 fully saturated rings. The van der Waals surface area contributed by atoms with Crippen LogP contribution >= 0.6 is 11.8 Å². The van der Waals surface area contributed by atoms with Crippen molar-refractivity contribution >= 4 is 11.8 Å². The molecule has 1 aromatic carbocycles. The topological polar surface area (TPSA) is 49.9 Å². The molecule has 5 heteroatoms. The van der Waals surface area contributed by atoms with Gasteiger partial charge in [0.05, 0.1) is 5.75 Å². The molecule has 4 nitrogen and oxygen atoms in total. The number of hydrogen-bond donors (Lipinski definition) is 1. The lowest BCUT2D eigenvalue weighted by Gasteiger charge is -1.96. The Kier molecular flexibility index (Phi) is 3.46. The van der Waals surface area contributed by atoms with Gasteiger partial charge in [0, 0.05) is 11.8 Å². The Hall–Kier alpha value is -1.49. The molecule has 0 aliphatic carbocycles. The van der Waals surface area contributed by atoms with Gasteiger partial charge < -0.3 is 0 Å². The highest BCUT2D eigenvalue weighted by atomic mass is 32.2. The summed E-state index contributed by atoms with van der Waals surface area (Å²) in [5, 5.41) is 2.58. The molecule has 2 rings (SSSR count). The monoisotopic (exact) mass is 237 g/mol. The van der Waals surface area contributed by atoms with Crippen molar-refractivity contribution in [3.63, 3.8) is 0 Å². The normalized spacial score (nSPS) is 10.6. The van der Waals surface area contributed by atoms with E-state index in [0.29, 0.717) is 5.69 Å². The van der Waals surface area contributed by atoms with E-state index in [1.165, 1.54) is 4.90 Å². The second kappa shape index (κ2) is 5.03. The Morgan fingerprint density at radius 2 is 2.12 bits per heavy atom. The summed E-state index contributed by atoms with van der Waals surface area (Å²) < 4.78 is 6.39. The highest BCUT2D eigenvalue weighted by Crippen LogP contribution is 2.15. The van der Waals surface area contributed by atoms with E-state index in [1.54, 1.807) is 23.4 Å². The van der Waals surface area contributed by atoms with Crippen molar-refractivity contribution in [3.8, 4) is 0 Å². The van der Waals surface area contributed by atoms with Gasteiger partial charge in [0.15, 0.2) is 6.54 Å². The minimum atomic E-state index is -0.301. The fourth-order valence-electron chi connectivity index (χ4n) is 1.33. The zero-order valence-corrected chi connectivity index (χ0v) is 9.79. The first kappa shape index (κ1) is 11.0. The minimum absolute atomic E-state index is 0.301. The van der Waals surface area contributed by atoms with E-state index < -0.39 is 0 Å². The number of nitrogens with one attached hydrogen (secondary N) is 1. The number of rotatable bonds is 4. The van der Waals surface area contributed by atoms with E-state index >= 15 is 0 Å². The summed E-state index contributed by atoms with van der Waals surface area (Å²) in [5.41, 5.74) is 0.304. The van der Waals surface area contributed by atoms with Crippen LogP contribution in [-0.2, 0) is 6.54 Å². The van der Waals surface area contributed by atoms with Crippen LogP contribution in [0.25, 0.3) is 0 Å². The summed E-state index contributed by atoms with van der Waals surface area (Å²) in [6.45, 7) is 2.48. The van der Waals surface area contributed by atoms with E-state index in [2.05, 4.69) is 21.9 Å². The number of aromatic amines is 1. The van der Waals surface area contributed by atoms with Gasteiger partial charge >= 0.3 is 5.63 Å². The molecule has 0 atom stereocenters. The Morgan fingerprint density at radius 3 is 2.75 bits per heavy atom. The largest absolute Gasteiger partial charge is 0.429 e. The molecule has 0 spiro atoms. The van der Waals surface area contributed by atoms with Gasteiger partial charge in [-0.3, -0.25) is 4.52 Å². The Morgan fingerprint density at radius 1 is 1.38 bits per heavy atom. The van der Waals surface area contributed by atoms with Gasteiger partial charge in [0.25, 0.3) is 5.69 Å². The van der Waals surface area contributed by atoms with Crippen LogP contribution in [0.3, 0.4) is 0 Å². The molecule has 1 heterocycles. The summed E-state index contributed by atoms with van der Waals surface area (Å²) in [5.74, 6) is 0.894. The summed E-state index contributed by atoms with van der Waals surface area (Å²) in [7, 11) is 0. The zero-order chi connectivity index (χ0) is 11.4. The van der Waals surface area contributed by atoms with Gasteiger partial charge in [0.2, 0.25) is 0 Å². The van der Waals surface area contributed by atoms with E-state index in [1.807, 2.05) is 18.2 Å². The van der Waals surface area contributed by atoms with Crippen LogP contribution in [0.2, 0.25) is 0 Å². The first-order valence-electron chi connectivity index (χ1n) is 5.03. The summed E-state index contributed by atoms with van der Waals surface area (Å²) in [4.78, 5) is 12.3. The molecule has 0 aliphatic heterocycles. The highest BCUT2D eigenvalue weighted by Gasteiger charge is 2.14. The van der Waals surface area contributed by atoms with Crippen molar-refractivity contribution in [1.29, 1.82) is 0 Å². The molecule has 0 saturated carbocycles. The molecular weight excluding hydrogens is 224 g/mol. The van der Waals surface area contributed by atoms with Crippen LogP contribution in [0, 0.1) is 6.92 Å². The van der Waals surface area contributed by atoms with Gasteiger partial charge in [-0.05, 0) is 17.4 Å². The molecule has 2 aromatic rings. The number of aromatic nitrogens is 2. The second-order valence-corrected chi connectivity index (χ2v) is 4.55. The van der Waals surface area contributed by atoms with E-state index in [0.717, 1.165) is 12.3 Å². The van der Waals surface area contributed by atoms with Crippen molar-refractivity contribution in [2.24, 2.45) is 0 Å². The predicted molar refractivity (Wildman–Crippen MR) is 61.4 cm³/mol. The van der Waals surface area contributed by atoms with Gasteiger partial charge in [-0.15, -0.1) is 11.8 Å². The summed E-state index contributed by atoms with van der Waals surface area (Å²) in [6.07, 6.45) is 0. The lowest BCUT2D eigenvalue weighted by atomic mass is 10.4. The molecule has 16 heavy (non-hydrogen) atoms. The molecule has 0 unspecified atom stereocenters. The highest BCUT2D eigenvalue weighted by molar-refractivity contribution is 7.99. The van der Waals surface area contributed by atoms with E-state index in [4.69, 9.17) is 0 Å². The lowest BCUT2D eigenvalue weighted by Crippen LogP contribution is -2.40. The summed E-state index contributed by atoms with van der Waals surface area (Å²) in [6, 6.07) is 10.2. The van der Waals surface area contributed by atoms with Crippen molar-refractivity contribution in [3.05, 3.63) is 46.4 Å². The predicted octanol–water partition coefficient (Wildman–Crippen LogP) is 1.36. The van der Waals surface area contributed by atoms with Crippen LogP contribution in [0.4, 0.5) is 0 Å². The second-order valence-electron chi connectivity index (χ2n) is 3.38. The lowest BCUT2D eigenvalue weighted by molar-refractivity contribution is -0.763. The van der Waals surface area contributed by atoms with Crippen LogP contribution < -0.4 is 10.3 Å². The number of H-pyrrole nitrogens is 1. The number of hydrogen-bond acceptors (Lipinski definition) is 3. The fraction of sp³-hybridized carbons (Fsp3) is 0.273. The van der Waals surface area contributed by atoms with Crippen LogP contribution in [-0.4, -0.2) is 11.0 Å². The fourth-order valence-corrected chi connectivity index (χ4v) is 2.19. The third kappa shape index (κ3) is 2.55. The smallest absolute Gasteiger partial charge is 0.283 e. The van der Waals surface area contributed by atoms with Crippen molar-refractivity contribution in [1.82, 2.24) is 5.27 Å². The standard InChI is InChI=1S/C11H12N2O2S/c1-9-11(14)15-12-13(9)7-8-16-10-5-3-2-4-6-10/h2-6H,7-8H2,1H3/p+1. The average molecular weight is 237 g/mol. The van der Waals surface area contributed by atoms with Crippen molar-refractivity contribution in [2.45, 2.75) is 18.4 Å². The Balaban J connectivity index is 1.89. The van der Waals surface area contributed by atoms with Crippen LogP contribution in [0.15, 0.2) is 44.5 Å². The first-order valence-corrected chi connectivity index (χ1v) is 6.01. The third-order valence-corrected chi connectivity index (χ3v) is 3.27. The molecule has 0 radical (unpaired) electrons. The van der Waals surface area contributed by atoms with Gasteiger partial charge in [-0.2, -0.15) is 0 Å². The van der Waals surface area contributed by atoms with Crippen molar-refractivity contribution in [2.75, 3.05) is 5.75 Å². The van der Waals surface area contributed by atoms with Crippen LogP contribution in [0.1, 0.15) is 5.69 Å². The molecule has 1 N–H and O–H groups in total. The van der Waals surface area contributed by atoms with Crippen molar-refractivity contribution < 1.29 is 9.20 Å². The first-order chi connectivity index (χ1) is 7.77. The Labute approximate surface area is 97.2 Å². The number of benzene rings is 1. The molecular formula is C11H13N2O2S+. The van der Waals surface area contributed by atoms with E-state index in [-0.39, 0.29) is 5.63 Å². The summed E-state index contributed by atoms with van der Waals surface area (Å²) >= 11 is 1.75. The quantitative estimate of drug-likeness (QED) is 0.645. The van der Waals surface area contributed by atoms with Crippen LogP contribution in [0.5, 0.6) is 0 Å². The maximum Gasteiger partial charge on any atom is 0.429 e. The van der Waals surface area contributed by atoms with Gasteiger partial charge in [-0.25, -0.2) is 4.79 Å². The molecule has 0 aliphatic rings. The molecule has 84 valence electrons. The average Bonchev–Trinajstić information content (AvgIpc) is 2.62. The maximum atomic E-state index is 11.0. The number of aryl methyl sites for hydroxylation is 1. The molecule has 1 aromatic heterocycles. The maximum absolute atomic E-state index is 11.0. The van der Waals surface area contributed by atoms with E-state index in [9.17, 15) is 4.79 Å².